The van der Waals surface area contributed by atoms with Crippen LogP contribution in [0, 0.1) is 5.41 Å². The van der Waals surface area contributed by atoms with E-state index in [0.29, 0.717) is 39.0 Å². The maximum Gasteiger partial charge on any atom is 0.235 e. The van der Waals surface area contributed by atoms with Gasteiger partial charge in [-0.05, 0) is 19.3 Å². The Bertz CT molecular complexity index is 766. The fourth-order valence-corrected chi connectivity index (χ4v) is 7.06. The van der Waals surface area contributed by atoms with Crippen LogP contribution >= 0.6 is 0 Å². The topological polar surface area (TPSA) is 95.1 Å². The minimum atomic E-state index is -2.90. The van der Waals surface area contributed by atoms with Gasteiger partial charge in [-0.25, -0.2) is 8.42 Å². The molecule has 1 atom stereocenters. The number of imide groups is 1. The summed E-state index contributed by atoms with van der Waals surface area (Å²) in [5.41, 5.74) is -0.479. The molecule has 8 nitrogen and oxygen atoms in total. The van der Waals surface area contributed by atoms with Crippen molar-refractivity contribution < 1.29 is 22.8 Å². The van der Waals surface area contributed by atoms with Crippen LogP contribution in [0.5, 0.6) is 0 Å². The Kier molecular flexibility index (Phi) is 5.24. The molecule has 0 bridgehead atoms. The summed E-state index contributed by atoms with van der Waals surface area (Å²) >= 11 is 0. The minimum absolute atomic E-state index is 0.0355. The summed E-state index contributed by atoms with van der Waals surface area (Å²) in [5, 5.41) is 0. The first kappa shape index (κ1) is 19.8. The van der Waals surface area contributed by atoms with Crippen molar-refractivity contribution in [3.63, 3.8) is 0 Å². The first-order valence-electron chi connectivity index (χ1n) is 10.4. The maximum absolute atomic E-state index is 12.7. The predicted octanol–water partition coefficient (Wildman–Crippen LogP) is 0.0271. The third-order valence-electron chi connectivity index (χ3n) is 6.99. The summed E-state index contributed by atoms with van der Waals surface area (Å²) < 4.78 is 23.3. The third-order valence-corrected chi connectivity index (χ3v) is 8.74. The van der Waals surface area contributed by atoms with Crippen molar-refractivity contribution in [3.8, 4) is 0 Å². The molecule has 0 radical (unpaired) electrons. The zero-order valence-corrected chi connectivity index (χ0v) is 17.1. The number of carbonyl (C=O) groups excluding carboxylic acids is 3. The van der Waals surface area contributed by atoms with Gasteiger partial charge in [0.2, 0.25) is 17.7 Å². The van der Waals surface area contributed by atoms with Crippen LogP contribution in [0.3, 0.4) is 0 Å². The van der Waals surface area contributed by atoms with E-state index < -0.39 is 15.3 Å². The molecule has 4 fully saturated rings. The molecular weight excluding hydrogens is 382 g/mol. The van der Waals surface area contributed by atoms with Crippen molar-refractivity contribution >= 4 is 27.6 Å². The van der Waals surface area contributed by atoms with Crippen LogP contribution in [0.4, 0.5) is 0 Å². The Labute approximate surface area is 166 Å². The molecule has 3 heterocycles. The van der Waals surface area contributed by atoms with Crippen LogP contribution in [-0.2, 0) is 24.2 Å². The Morgan fingerprint density at radius 3 is 2.36 bits per heavy atom. The summed E-state index contributed by atoms with van der Waals surface area (Å²) in [6, 6.07) is 0.0738. The number of sulfone groups is 1. The highest BCUT2D eigenvalue weighted by Gasteiger charge is 2.52. The molecule has 3 amide bonds. The second kappa shape index (κ2) is 7.40. The quantitative estimate of drug-likeness (QED) is 0.606. The molecule has 0 aromatic carbocycles. The SMILES string of the molecule is O=C(CCN1C(=O)CC2(CCCC2)C1=O)N1CCN([C@@H]2CCS(=O)(=O)C2)CC1. The lowest BCUT2D eigenvalue weighted by Crippen LogP contribution is -2.52. The highest BCUT2D eigenvalue weighted by atomic mass is 32.2. The molecule has 1 spiro atoms. The number of hydrogen-bond acceptors (Lipinski definition) is 6. The van der Waals surface area contributed by atoms with Gasteiger partial charge in [-0.2, -0.15) is 0 Å². The second-order valence-electron chi connectivity index (χ2n) is 8.74. The van der Waals surface area contributed by atoms with E-state index in [0.717, 1.165) is 25.7 Å². The number of likely N-dealkylation sites (tertiary alicyclic amines) is 1. The zero-order chi connectivity index (χ0) is 19.9. The van der Waals surface area contributed by atoms with Gasteiger partial charge in [0.1, 0.15) is 0 Å². The molecule has 4 rings (SSSR count). The number of amides is 3. The molecular formula is C19H29N3O5S. The highest BCUT2D eigenvalue weighted by molar-refractivity contribution is 7.91. The standard InChI is InChI=1S/C19H29N3O5S/c23-16(3-7-22-17(24)13-19(18(22)25)5-1-2-6-19)21-10-8-20(9-11-21)15-4-12-28(26,27)14-15/h15H,1-14H2/t15-/m1/s1. The second-order valence-corrected chi connectivity index (χ2v) is 11.0. The molecule has 4 aliphatic rings. The Balaban J connectivity index is 1.25. The van der Waals surface area contributed by atoms with Gasteiger partial charge in [0.25, 0.3) is 0 Å². The van der Waals surface area contributed by atoms with Crippen molar-refractivity contribution in [3.05, 3.63) is 0 Å². The summed E-state index contributed by atoms with van der Waals surface area (Å²) in [4.78, 5) is 42.8. The van der Waals surface area contributed by atoms with Gasteiger partial charge in [0.05, 0.1) is 16.9 Å². The van der Waals surface area contributed by atoms with Crippen molar-refractivity contribution in [2.75, 3.05) is 44.2 Å². The maximum atomic E-state index is 12.7. The molecule has 3 aliphatic heterocycles. The molecule has 1 saturated carbocycles. The molecule has 28 heavy (non-hydrogen) atoms. The molecule has 0 aromatic rings. The van der Waals surface area contributed by atoms with E-state index in [9.17, 15) is 22.8 Å². The Morgan fingerprint density at radius 1 is 1.07 bits per heavy atom. The molecule has 3 saturated heterocycles. The van der Waals surface area contributed by atoms with Crippen LogP contribution in [-0.4, -0.2) is 91.1 Å². The summed E-state index contributed by atoms with van der Waals surface area (Å²) in [6.07, 6.45) is 4.74. The van der Waals surface area contributed by atoms with Crippen LogP contribution in [0.2, 0.25) is 0 Å². The van der Waals surface area contributed by atoms with Gasteiger partial charge in [-0.1, -0.05) is 12.8 Å². The van der Waals surface area contributed by atoms with Crippen molar-refractivity contribution in [2.45, 2.75) is 51.0 Å². The van der Waals surface area contributed by atoms with Crippen LogP contribution in [0.15, 0.2) is 0 Å². The van der Waals surface area contributed by atoms with Crippen molar-refractivity contribution in [2.24, 2.45) is 5.41 Å². The van der Waals surface area contributed by atoms with Gasteiger partial charge in [0.15, 0.2) is 9.84 Å². The molecule has 1 aliphatic carbocycles. The molecule has 0 aromatic heterocycles. The van der Waals surface area contributed by atoms with E-state index in [1.165, 1.54) is 4.90 Å². The lowest BCUT2D eigenvalue weighted by atomic mass is 9.84. The van der Waals surface area contributed by atoms with E-state index in [2.05, 4.69) is 4.90 Å². The van der Waals surface area contributed by atoms with E-state index >= 15 is 0 Å². The van der Waals surface area contributed by atoms with E-state index in [-0.39, 0.29) is 48.2 Å². The fraction of sp³-hybridized carbons (Fsp3) is 0.842. The summed E-state index contributed by atoms with van der Waals surface area (Å²) in [7, 11) is -2.90. The highest BCUT2D eigenvalue weighted by Crippen LogP contribution is 2.46. The Morgan fingerprint density at radius 2 is 1.75 bits per heavy atom. The molecule has 0 unspecified atom stereocenters. The van der Waals surface area contributed by atoms with Gasteiger partial charge >= 0.3 is 0 Å². The van der Waals surface area contributed by atoms with E-state index in [1.54, 1.807) is 4.90 Å². The minimum Gasteiger partial charge on any atom is -0.340 e. The fourth-order valence-electron chi connectivity index (χ4n) is 5.29. The zero-order valence-electron chi connectivity index (χ0n) is 16.3. The molecule has 9 heteroatoms. The van der Waals surface area contributed by atoms with E-state index in [1.807, 2.05) is 0 Å². The lowest BCUT2D eigenvalue weighted by Gasteiger charge is -2.37. The molecule has 0 N–H and O–H groups in total. The van der Waals surface area contributed by atoms with Gasteiger partial charge < -0.3 is 4.90 Å². The van der Waals surface area contributed by atoms with E-state index in [4.69, 9.17) is 0 Å². The van der Waals surface area contributed by atoms with Crippen LogP contribution in [0.25, 0.3) is 0 Å². The number of piperazine rings is 1. The first-order valence-corrected chi connectivity index (χ1v) is 12.2. The Hall–Kier alpha value is -1.48. The average Bonchev–Trinajstić information content (AvgIpc) is 3.34. The number of nitrogens with zero attached hydrogens (tertiary/aromatic N) is 3. The third kappa shape index (κ3) is 3.70. The monoisotopic (exact) mass is 411 g/mol. The number of hydrogen-bond donors (Lipinski definition) is 0. The number of carbonyl (C=O) groups is 3. The average molecular weight is 412 g/mol. The predicted molar refractivity (Wildman–Crippen MR) is 102 cm³/mol. The van der Waals surface area contributed by atoms with Gasteiger partial charge in [0, 0.05) is 51.6 Å². The van der Waals surface area contributed by atoms with Crippen molar-refractivity contribution in [1.82, 2.24) is 14.7 Å². The largest absolute Gasteiger partial charge is 0.340 e. The van der Waals surface area contributed by atoms with Crippen LogP contribution in [0.1, 0.15) is 44.9 Å². The lowest BCUT2D eigenvalue weighted by molar-refractivity contribution is -0.142. The molecule has 156 valence electrons. The smallest absolute Gasteiger partial charge is 0.235 e. The number of rotatable bonds is 4. The summed E-state index contributed by atoms with van der Waals surface area (Å²) in [6.45, 7) is 2.68. The van der Waals surface area contributed by atoms with Gasteiger partial charge in [-0.15, -0.1) is 0 Å². The van der Waals surface area contributed by atoms with Crippen molar-refractivity contribution in [1.29, 1.82) is 0 Å². The van der Waals surface area contributed by atoms with Crippen LogP contribution < -0.4 is 0 Å². The van der Waals surface area contributed by atoms with Gasteiger partial charge in [-0.3, -0.25) is 24.2 Å². The normalized spacial score (nSPS) is 29.9. The first-order chi connectivity index (χ1) is 13.3. The summed E-state index contributed by atoms with van der Waals surface area (Å²) in [5.74, 6) is 0.242.